The van der Waals surface area contributed by atoms with E-state index < -0.39 is 10.8 Å². The van der Waals surface area contributed by atoms with Crippen LogP contribution in [0.2, 0.25) is 0 Å². The lowest BCUT2D eigenvalue weighted by Crippen LogP contribution is -2.54. The highest BCUT2D eigenvalue weighted by atomic mass is 32.2. The van der Waals surface area contributed by atoms with Crippen molar-refractivity contribution in [2.45, 2.75) is 62.4 Å². The Hall–Kier alpha value is 0.0700. The highest BCUT2D eigenvalue weighted by Gasteiger charge is 2.41. The fourth-order valence-corrected chi connectivity index (χ4v) is 4.58. The maximum atomic E-state index is 12.3. The molecule has 0 bridgehead atoms. The zero-order valence-electron chi connectivity index (χ0n) is 9.73. The lowest BCUT2D eigenvalue weighted by atomic mass is 9.99. The molecule has 4 heteroatoms. The van der Waals surface area contributed by atoms with E-state index in [9.17, 15) is 4.21 Å². The van der Waals surface area contributed by atoms with Gasteiger partial charge in [-0.15, -0.1) is 0 Å². The first-order chi connectivity index (χ1) is 7.09. The summed E-state index contributed by atoms with van der Waals surface area (Å²) in [7, 11) is -0.751. The van der Waals surface area contributed by atoms with E-state index in [0.717, 1.165) is 19.4 Å². The number of fused-ring (bicyclic) bond motifs is 1. The van der Waals surface area contributed by atoms with Crippen LogP contribution in [0.25, 0.3) is 0 Å². The first-order valence-corrected chi connectivity index (χ1v) is 7.15. The minimum absolute atomic E-state index is 0.118. The molecule has 88 valence electrons. The summed E-state index contributed by atoms with van der Waals surface area (Å²) in [5.41, 5.74) is 0. The fourth-order valence-electron chi connectivity index (χ4n) is 2.72. The number of hydrogen-bond acceptors (Lipinski definition) is 3. The molecule has 0 aromatic rings. The van der Waals surface area contributed by atoms with E-state index in [1.807, 2.05) is 0 Å². The van der Waals surface area contributed by atoms with Gasteiger partial charge in [0.1, 0.15) is 0 Å². The Balaban J connectivity index is 2.18. The second-order valence-corrected chi connectivity index (χ2v) is 6.85. The van der Waals surface area contributed by atoms with Crippen molar-refractivity contribution in [2.75, 3.05) is 6.54 Å². The van der Waals surface area contributed by atoms with E-state index in [1.54, 1.807) is 0 Å². The van der Waals surface area contributed by atoms with Crippen molar-refractivity contribution >= 4 is 10.8 Å². The van der Waals surface area contributed by atoms with E-state index >= 15 is 0 Å². The minimum Gasteiger partial charge on any atom is -0.374 e. The van der Waals surface area contributed by atoms with Crippen molar-refractivity contribution in [3.63, 3.8) is 0 Å². The first kappa shape index (κ1) is 11.6. The fraction of sp³-hybridized carbons (Fsp3) is 1.00. The molecule has 2 rings (SSSR count). The monoisotopic (exact) mass is 231 g/mol. The van der Waals surface area contributed by atoms with E-state index in [1.165, 1.54) is 0 Å². The molecule has 0 aromatic heterocycles. The summed E-state index contributed by atoms with van der Waals surface area (Å²) >= 11 is 0. The molecule has 2 aliphatic heterocycles. The average Bonchev–Trinajstić information content (AvgIpc) is 2.27. The number of ether oxygens (including phenoxy) is 1. The normalized spacial score (nSPS) is 51.9. The Morgan fingerprint density at radius 3 is 2.80 bits per heavy atom. The van der Waals surface area contributed by atoms with Crippen LogP contribution in [0, 0.1) is 0 Å². The molecule has 0 spiro atoms. The van der Waals surface area contributed by atoms with Crippen LogP contribution in [0.5, 0.6) is 0 Å². The van der Waals surface area contributed by atoms with Crippen LogP contribution in [-0.2, 0) is 15.5 Å². The van der Waals surface area contributed by atoms with Gasteiger partial charge in [0.05, 0.1) is 17.5 Å². The molecule has 0 radical (unpaired) electrons. The van der Waals surface area contributed by atoms with Crippen molar-refractivity contribution in [3.05, 3.63) is 0 Å². The van der Waals surface area contributed by atoms with Crippen LogP contribution < -0.4 is 5.32 Å². The zero-order chi connectivity index (χ0) is 11.0. The standard InChI is InChI=1S/C11H21NO2S/c1-7-6-10-11(9(3)14-7)15(13)8(2)4-5-12-10/h7-12H,4-6H2,1-3H3. The molecule has 0 saturated carbocycles. The van der Waals surface area contributed by atoms with Crippen molar-refractivity contribution in [3.8, 4) is 0 Å². The smallest absolute Gasteiger partial charge is 0.0763 e. The summed E-state index contributed by atoms with van der Waals surface area (Å²) in [5, 5.41) is 4.01. The summed E-state index contributed by atoms with van der Waals surface area (Å²) in [6, 6.07) is 0.384. The highest BCUT2D eigenvalue weighted by Crippen LogP contribution is 2.28. The predicted molar refractivity (Wildman–Crippen MR) is 62.4 cm³/mol. The molecule has 2 saturated heterocycles. The molecule has 2 fully saturated rings. The van der Waals surface area contributed by atoms with Crippen LogP contribution in [0.4, 0.5) is 0 Å². The van der Waals surface area contributed by atoms with Gasteiger partial charge in [-0.25, -0.2) is 0 Å². The van der Waals surface area contributed by atoms with E-state index in [4.69, 9.17) is 4.74 Å². The van der Waals surface area contributed by atoms with Gasteiger partial charge in [-0.3, -0.25) is 4.21 Å². The molecule has 1 N–H and O–H groups in total. The van der Waals surface area contributed by atoms with E-state index in [2.05, 4.69) is 26.1 Å². The third kappa shape index (κ3) is 2.27. The summed E-state index contributed by atoms with van der Waals surface area (Å²) < 4.78 is 18.1. The molecule has 0 aromatic carbocycles. The molecule has 6 unspecified atom stereocenters. The number of hydrogen-bond donors (Lipinski definition) is 1. The predicted octanol–water partition coefficient (Wildman–Crippen LogP) is 1.05. The van der Waals surface area contributed by atoms with Crippen LogP contribution in [0.3, 0.4) is 0 Å². The Bertz CT molecular complexity index is 259. The molecule has 0 amide bonds. The second-order valence-electron chi connectivity index (χ2n) is 4.84. The van der Waals surface area contributed by atoms with Gasteiger partial charge in [-0.2, -0.15) is 0 Å². The van der Waals surface area contributed by atoms with E-state index in [-0.39, 0.29) is 11.4 Å². The quantitative estimate of drug-likeness (QED) is 0.677. The maximum Gasteiger partial charge on any atom is 0.0763 e. The van der Waals surface area contributed by atoms with Gasteiger partial charge >= 0.3 is 0 Å². The van der Waals surface area contributed by atoms with Gasteiger partial charge in [-0.05, 0) is 33.2 Å². The van der Waals surface area contributed by atoms with Gasteiger partial charge in [0.15, 0.2) is 0 Å². The van der Waals surface area contributed by atoms with Crippen molar-refractivity contribution in [2.24, 2.45) is 0 Å². The molecular weight excluding hydrogens is 210 g/mol. The van der Waals surface area contributed by atoms with Crippen LogP contribution in [0.15, 0.2) is 0 Å². The molecular formula is C11H21NO2S. The Morgan fingerprint density at radius 2 is 2.07 bits per heavy atom. The minimum atomic E-state index is -0.751. The summed E-state index contributed by atoms with van der Waals surface area (Å²) in [6.07, 6.45) is 2.42. The van der Waals surface area contributed by atoms with E-state index in [0.29, 0.717) is 17.4 Å². The third-order valence-electron chi connectivity index (χ3n) is 3.51. The molecule has 2 aliphatic rings. The number of nitrogens with one attached hydrogen (secondary N) is 1. The van der Waals surface area contributed by atoms with Gasteiger partial charge in [0, 0.05) is 22.1 Å². The van der Waals surface area contributed by atoms with Gasteiger partial charge in [-0.1, -0.05) is 6.92 Å². The number of rotatable bonds is 0. The second kappa shape index (κ2) is 4.52. The first-order valence-electron chi connectivity index (χ1n) is 5.88. The lowest BCUT2D eigenvalue weighted by Gasteiger charge is -2.38. The van der Waals surface area contributed by atoms with Gasteiger partial charge in [0.25, 0.3) is 0 Å². The molecule has 0 aliphatic carbocycles. The highest BCUT2D eigenvalue weighted by molar-refractivity contribution is 7.86. The summed E-state index contributed by atoms with van der Waals surface area (Å²) in [4.78, 5) is 0. The lowest BCUT2D eigenvalue weighted by molar-refractivity contribution is -0.0375. The van der Waals surface area contributed by atoms with Crippen LogP contribution in [0.1, 0.15) is 33.6 Å². The van der Waals surface area contributed by atoms with Gasteiger partial charge in [0.2, 0.25) is 0 Å². The average molecular weight is 231 g/mol. The van der Waals surface area contributed by atoms with Crippen molar-refractivity contribution < 1.29 is 8.95 Å². The van der Waals surface area contributed by atoms with Gasteiger partial charge < -0.3 is 10.1 Å². The maximum absolute atomic E-state index is 12.3. The molecule has 2 heterocycles. The van der Waals surface area contributed by atoms with Crippen molar-refractivity contribution in [1.29, 1.82) is 0 Å². The largest absolute Gasteiger partial charge is 0.374 e. The topological polar surface area (TPSA) is 38.3 Å². The zero-order valence-corrected chi connectivity index (χ0v) is 10.5. The summed E-state index contributed by atoms with van der Waals surface area (Å²) in [6.45, 7) is 7.25. The molecule has 15 heavy (non-hydrogen) atoms. The Morgan fingerprint density at radius 1 is 1.33 bits per heavy atom. The summed E-state index contributed by atoms with van der Waals surface area (Å²) in [5.74, 6) is 0. The van der Waals surface area contributed by atoms with Crippen molar-refractivity contribution in [1.82, 2.24) is 5.32 Å². The molecule has 3 nitrogen and oxygen atoms in total. The third-order valence-corrected chi connectivity index (χ3v) is 5.79. The SMILES string of the molecule is CC1CC2NCCC(C)S(=O)C2C(C)O1. The molecule has 6 atom stereocenters. The Labute approximate surface area is 94.4 Å². The van der Waals surface area contributed by atoms with Crippen LogP contribution >= 0.6 is 0 Å². The Kier molecular flexibility index (Phi) is 3.48. The van der Waals surface area contributed by atoms with Crippen LogP contribution in [-0.4, -0.2) is 39.5 Å².